The fourth-order valence-corrected chi connectivity index (χ4v) is 6.13. The lowest BCUT2D eigenvalue weighted by Gasteiger charge is -2.51. The van der Waals surface area contributed by atoms with Crippen LogP contribution in [0.1, 0.15) is 38.5 Å². The zero-order chi connectivity index (χ0) is 30.9. The second kappa shape index (κ2) is 13.5. The third-order valence-electron chi connectivity index (χ3n) is 8.36. The molecule has 0 aromatic rings. The summed E-state index contributed by atoms with van der Waals surface area (Å²) in [6, 6.07) is 0. The molecule has 0 aromatic heterocycles. The normalized spacial score (nSPS) is 44.0. The van der Waals surface area contributed by atoms with Crippen LogP contribution < -0.4 is 0 Å². The Kier molecular flexibility index (Phi) is 10.5. The van der Waals surface area contributed by atoms with Crippen LogP contribution in [0.25, 0.3) is 0 Å². The smallest absolute Gasteiger partial charge is 0.425 e. The maximum Gasteiger partial charge on any atom is 0.425 e. The topological polar surface area (TPSA) is 276 Å². The van der Waals surface area contributed by atoms with Gasteiger partial charge in [0.15, 0.2) is 6.29 Å². The van der Waals surface area contributed by atoms with Gasteiger partial charge < -0.3 is 64.5 Å². The van der Waals surface area contributed by atoms with Gasteiger partial charge in [0, 0.05) is 5.92 Å². The minimum Gasteiger partial charge on any atom is -0.473 e. The molecule has 238 valence electrons. The first-order valence-corrected chi connectivity index (χ1v) is 13.7. The van der Waals surface area contributed by atoms with Crippen LogP contribution in [0.3, 0.4) is 0 Å². The summed E-state index contributed by atoms with van der Waals surface area (Å²) in [6.45, 7) is -0.904. The molecule has 0 bridgehead atoms. The summed E-state index contributed by atoms with van der Waals surface area (Å²) in [5.41, 5.74) is 0. The van der Waals surface area contributed by atoms with Crippen LogP contribution in [-0.2, 0) is 42.9 Å². The van der Waals surface area contributed by atoms with Crippen molar-refractivity contribution in [1.82, 2.24) is 0 Å². The van der Waals surface area contributed by atoms with Gasteiger partial charge in [0.1, 0.15) is 31.0 Å². The highest BCUT2D eigenvalue weighted by Gasteiger charge is 2.52. The molecule has 9 unspecified atom stereocenters. The first kappa shape index (κ1) is 32.6. The van der Waals surface area contributed by atoms with Crippen molar-refractivity contribution in [3.05, 3.63) is 0 Å². The predicted octanol–water partition coefficient (Wildman–Crippen LogP) is -4.31. The van der Waals surface area contributed by atoms with Crippen LogP contribution in [0.2, 0.25) is 0 Å². The fraction of sp³-hybridized carbons (Fsp3) is 0.840. The summed E-state index contributed by atoms with van der Waals surface area (Å²) in [4.78, 5) is 44.8. The Labute approximate surface area is 238 Å². The molecule has 0 aromatic carbocycles. The Morgan fingerprint density at radius 1 is 0.714 bits per heavy atom. The molecule has 2 aliphatic carbocycles. The molecule has 8 N–H and O–H groups in total. The highest BCUT2D eigenvalue weighted by Crippen LogP contribution is 2.43. The molecule has 2 saturated carbocycles. The number of ether oxygens (including phenoxy) is 5. The standard InChI is InChI=1S/C25H36O17/c26-9-4-12(28)10-6-15(20(39-14(10)5-9)8-1-2-11(27)13(29)3-8)40-25-19(32)18(31)17(30)16(41-25)7-38-23(36)24(37)42-22(35)21(33)34/h8-20,25-32H,1-7H2,(H,33,34)/t8?,9?,10?,11?,12?,13?,14?,15?,16-,17-,18+,19-,20?,25-/m1/s1. The van der Waals surface area contributed by atoms with E-state index >= 15 is 0 Å². The van der Waals surface area contributed by atoms with Crippen LogP contribution in [0, 0.1) is 11.8 Å². The summed E-state index contributed by atoms with van der Waals surface area (Å²) in [6.07, 6.45) is -13.2. The van der Waals surface area contributed by atoms with Gasteiger partial charge in [-0.1, -0.05) is 0 Å². The molecule has 0 spiro atoms. The van der Waals surface area contributed by atoms with Crippen LogP contribution in [0.4, 0.5) is 0 Å². The van der Waals surface area contributed by atoms with Gasteiger partial charge in [-0.25, -0.2) is 19.2 Å². The number of hydrogen-bond donors (Lipinski definition) is 8. The molecule has 2 heterocycles. The van der Waals surface area contributed by atoms with Gasteiger partial charge in [-0.3, -0.25) is 0 Å². The third kappa shape index (κ3) is 7.24. The third-order valence-corrected chi connectivity index (χ3v) is 8.36. The number of carbonyl (C=O) groups is 4. The van der Waals surface area contributed by atoms with Crippen molar-refractivity contribution in [2.45, 2.75) is 112 Å². The summed E-state index contributed by atoms with van der Waals surface area (Å²) >= 11 is 0. The van der Waals surface area contributed by atoms with Gasteiger partial charge in [-0.05, 0) is 44.4 Å². The first-order chi connectivity index (χ1) is 19.8. The Hall–Kier alpha value is -2.32. The van der Waals surface area contributed by atoms with Crippen molar-refractivity contribution >= 4 is 23.9 Å². The van der Waals surface area contributed by atoms with Crippen molar-refractivity contribution < 1.29 is 83.7 Å². The summed E-state index contributed by atoms with van der Waals surface area (Å²) < 4.78 is 26.3. The van der Waals surface area contributed by atoms with Crippen molar-refractivity contribution in [1.29, 1.82) is 0 Å². The van der Waals surface area contributed by atoms with Crippen LogP contribution in [0.15, 0.2) is 0 Å². The number of rotatable bonds is 5. The van der Waals surface area contributed by atoms with Crippen LogP contribution >= 0.6 is 0 Å². The Morgan fingerprint density at radius 2 is 1.43 bits per heavy atom. The van der Waals surface area contributed by atoms with E-state index in [9.17, 15) is 54.9 Å². The number of aliphatic hydroxyl groups excluding tert-OH is 7. The van der Waals surface area contributed by atoms with E-state index in [1.165, 1.54) is 0 Å². The average molecular weight is 609 g/mol. The van der Waals surface area contributed by atoms with E-state index in [0.29, 0.717) is 6.42 Å². The van der Waals surface area contributed by atoms with Gasteiger partial charge in [-0.15, -0.1) is 0 Å². The number of fused-ring (bicyclic) bond motifs is 1. The molecular formula is C25H36O17. The average Bonchev–Trinajstić information content (AvgIpc) is 2.93. The highest BCUT2D eigenvalue weighted by atomic mass is 16.7. The molecule has 4 fully saturated rings. The number of hydrogen-bond acceptors (Lipinski definition) is 16. The lowest BCUT2D eigenvalue weighted by atomic mass is 9.72. The molecule has 2 saturated heterocycles. The number of esters is 3. The molecule has 4 aliphatic rings. The molecule has 17 nitrogen and oxygen atoms in total. The number of aliphatic carboxylic acids is 1. The van der Waals surface area contributed by atoms with E-state index in [4.69, 9.17) is 19.3 Å². The Balaban J connectivity index is 1.46. The van der Waals surface area contributed by atoms with E-state index in [0.717, 1.165) is 0 Å². The maximum absolute atomic E-state index is 11.8. The van der Waals surface area contributed by atoms with E-state index in [1.54, 1.807) is 0 Å². The maximum atomic E-state index is 11.8. The summed E-state index contributed by atoms with van der Waals surface area (Å²) in [7, 11) is 0. The van der Waals surface area contributed by atoms with E-state index in [1.807, 2.05) is 0 Å². The largest absolute Gasteiger partial charge is 0.473 e. The molecule has 0 amide bonds. The lowest BCUT2D eigenvalue weighted by Crippen LogP contribution is -2.62. The van der Waals surface area contributed by atoms with Crippen molar-refractivity contribution in [2.75, 3.05) is 6.61 Å². The lowest BCUT2D eigenvalue weighted by molar-refractivity contribution is -0.333. The van der Waals surface area contributed by atoms with Gasteiger partial charge in [0.25, 0.3) is 0 Å². The van der Waals surface area contributed by atoms with Crippen molar-refractivity contribution in [3.8, 4) is 0 Å². The number of carboxylic acids is 1. The molecule has 17 heteroatoms. The van der Waals surface area contributed by atoms with E-state index in [-0.39, 0.29) is 38.0 Å². The number of carboxylic acid groups (broad SMARTS) is 1. The Morgan fingerprint density at radius 3 is 2.10 bits per heavy atom. The minimum absolute atomic E-state index is 0.109. The molecule has 42 heavy (non-hydrogen) atoms. The fourth-order valence-electron chi connectivity index (χ4n) is 6.13. The monoisotopic (exact) mass is 608 g/mol. The predicted molar refractivity (Wildman–Crippen MR) is 129 cm³/mol. The molecule has 14 atom stereocenters. The van der Waals surface area contributed by atoms with Crippen molar-refractivity contribution in [2.24, 2.45) is 11.8 Å². The van der Waals surface area contributed by atoms with E-state index in [2.05, 4.69) is 9.47 Å². The van der Waals surface area contributed by atoms with Gasteiger partial charge in [0.2, 0.25) is 0 Å². The van der Waals surface area contributed by atoms with Crippen molar-refractivity contribution in [3.63, 3.8) is 0 Å². The second-order valence-electron chi connectivity index (χ2n) is 11.2. The van der Waals surface area contributed by atoms with Crippen LogP contribution in [-0.4, -0.2) is 145 Å². The number of carbonyl (C=O) groups excluding carboxylic acids is 3. The summed E-state index contributed by atoms with van der Waals surface area (Å²) in [5.74, 6) is -8.71. The zero-order valence-corrected chi connectivity index (χ0v) is 22.3. The first-order valence-electron chi connectivity index (χ1n) is 13.7. The minimum atomic E-state index is -2.13. The highest BCUT2D eigenvalue weighted by molar-refractivity contribution is 6.38. The number of aliphatic hydroxyl groups is 7. The van der Waals surface area contributed by atoms with E-state index < -0.39 is 110 Å². The molecular weight excluding hydrogens is 572 g/mol. The molecule has 0 radical (unpaired) electrons. The van der Waals surface area contributed by atoms with Gasteiger partial charge in [-0.2, -0.15) is 0 Å². The second-order valence-corrected chi connectivity index (χ2v) is 11.2. The van der Waals surface area contributed by atoms with Gasteiger partial charge in [0.05, 0.1) is 42.7 Å². The zero-order valence-electron chi connectivity index (χ0n) is 22.3. The van der Waals surface area contributed by atoms with Crippen LogP contribution in [0.5, 0.6) is 0 Å². The molecule has 4 rings (SSSR count). The quantitative estimate of drug-likeness (QED) is 0.0832. The summed E-state index contributed by atoms with van der Waals surface area (Å²) in [5, 5.41) is 81.0. The van der Waals surface area contributed by atoms with Gasteiger partial charge >= 0.3 is 23.9 Å². The Bertz CT molecular complexity index is 1010. The SMILES string of the molecule is O=C(O)C(=O)OC(=O)C(=O)OC[C@H]1O[C@@H](OC2CC3C(O)CC(O)CC3OC2C2CCC(O)C(O)C2)[C@H](O)[C@@H](O)[C@@H]1O. The molecule has 2 aliphatic heterocycles.